The molecule has 0 aliphatic carbocycles. The molecule has 21 heavy (non-hydrogen) atoms. The van der Waals surface area contributed by atoms with Crippen molar-refractivity contribution in [2.24, 2.45) is 0 Å². The predicted molar refractivity (Wildman–Crippen MR) is 80.3 cm³/mol. The summed E-state index contributed by atoms with van der Waals surface area (Å²) in [5.41, 5.74) is 0. The van der Waals surface area contributed by atoms with Crippen LogP contribution in [-0.2, 0) is 9.59 Å². The Bertz CT molecular complexity index is 587. The number of amides is 2. The second-order valence-corrected chi connectivity index (χ2v) is 5.11. The van der Waals surface area contributed by atoms with Crippen LogP contribution in [0.1, 0.15) is 6.92 Å². The van der Waals surface area contributed by atoms with Crippen LogP contribution in [0.4, 0.5) is 5.13 Å². The molecule has 0 unspecified atom stereocenters. The van der Waals surface area contributed by atoms with E-state index in [9.17, 15) is 9.59 Å². The van der Waals surface area contributed by atoms with Crippen LogP contribution in [0.25, 0.3) is 0 Å². The highest BCUT2D eigenvalue weighted by atomic mass is 32.1. The van der Waals surface area contributed by atoms with Crippen molar-refractivity contribution >= 4 is 28.3 Å². The molecule has 0 radical (unpaired) electrons. The molecule has 0 bridgehead atoms. The summed E-state index contributed by atoms with van der Waals surface area (Å²) in [6, 6.07) is 8.34. The lowest BCUT2D eigenvalue weighted by Crippen LogP contribution is -2.43. The second-order valence-electron chi connectivity index (χ2n) is 4.22. The molecule has 0 fully saturated rings. The first-order chi connectivity index (χ1) is 10.1. The number of benzene rings is 1. The van der Waals surface area contributed by atoms with Crippen molar-refractivity contribution in [2.45, 2.75) is 13.0 Å². The standard InChI is InChI=1S/C14H15N3O3S/c1-10(13(19)17-14-15-7-8-21-14)16-12(18)9-20-11-5-3-2-4-6-11/h2-8,10H,9H2,1H3,(H,16,18)(H,15,17,19)/t10-/m0/s1. The predicted octanol–water partition coefficient (Wildman–Crippen LogP) is 1.67. The Morgan fingerprint density at radius 3 is 2.76 bits per heavy atom. The van der Waals surface area contributed by atoms with Crippen molar-refractivity contribution < 1.29 is 14.3 Å². The van der Waals surface area contributed by atoms with Crippen LogP contribution < -0.4 is 15.4 Å². The topological polar surface area (TPSA) is 80.3 Å². The lowest BCUT2D eigenvalue weighted by Gasteiger charge is -2.13. The summed E-state index contributed by atoms with van der Waals surface area (Å²) >= 11 is 1.31. The average molecular weight is 305 g/mol. The summed E-state index contributed by atoms with van der Waals surface area (Å²) in [6.07, 6.45) is 1.59. The van der Waals surface area contributed by atoms with E-state index in [0.29, 0.717) is 10.9 Å². The molecule has 1 heterocycles. The third-order valence-electron chi connectivity index (χ3n) is 2.55. The molecule has 110 valence electrons. The van der Waals surface area contributed by atoms with Crippen LogP contribution in [0.15, 0.2) is 41.9 Å². The SMILES string of the molecule is C[C@H](NC(=O)COc1ccccc1)C(=O)Nc1nccs1. The molecule has 2 N–H and O–H groups in total. The Hall–Kier alpha value is -2.41. The Labute approximate surface area is 126 Å². The minimum atomic E-state index is -0.666. The summed E-state index contributed by atoms with van der Waals surface area (Å²) in [6.45, 7) is 1.46. The maximum atomic E-state index is 11.8. The van der Waals surface area contributed by atoms with E-state index < -0.39 is 6.04 Å². The number of hydrogen-bond acceptors (Lipinski definition) is 5. The smallest absolute Gasteiger partial charge is 0.258 e. The molecule has 0 aliphatic heterocycles. The summed E-state index contributed by atoms with van der Waals surface area (Å²) < 4.78 is 5.30. The zero-order chi connectivity index (χ0) is 15.1. The number of carbonyl (C=O) groups is 2. The second kappa shape index (κ2) is 7.39. The third kappa shape index (κ3) is 4.88. The fourth-order valence-electron chi connectivity index (χ4n) is 1.51. The zero-order valence-electron chi connectivity index (χ0n) is 11.4. The van der Waals surface area contributed by atoms with Crippen LogP contribution >= 0.6 is 11.3 Å². The van der Waals surface area contributed by atoms with E-state index in [-0.39, 0.29) is 18.4 Å². The van der Waals surface area contributed by atoms with Crippen LogP contribution in [0.5, 0.6) is 5.75 Å². The number of ether oxygens (including phenoxy) is 1. The first kappa shape index (κ1) is 15.0. The van der Waals surface area contributed by atoms with Crippen molar-refractivity contribution in [1.29, 1.82) is 0 Å². The first-order valence-electron chi connectivity index (χ1n) is 6.32. The largest absolute Gasteiger partial charge is 0.484 e. The summed E-state index contributed by atoms with van der Waals surface area (Å²) in [7, 11) is 0. The fraction of sp³-hybridized carbons (Fsp3) is 0.214. The van der Waals surface area contributed by atoms with Gasteiger partial charge in [-0.15, -0.1) is 11.3 Å². The molecule has 0 saturated carbocycles. The number of nitrogens with one attached hydrogen (secondary N) is 2. The summed E-state index contributed by atoms with van der Waals surface area (Å²) in [4.78, 5) is 27.5. The minimum Gasteiger partial charge on any atom is -0.484 e. The van der Waals surface area contributed by atoms with E-state index in [1.54, 1.807) is 30.6 Å². The summed E-state index contributed by atoms with van der Waals surface area (Å²) in [5.74, 6) is -0.0776. The van der Waals surface area contributed by atoms with Crippen molar-refractivity contribution in [2.75, 3.05) is 11.9 Å². The normalized spacial score (nSPS) is 11.5. The van der Waals surface area contributed by atoms with Gasteiger partial charge in [0.05, 0.1) is 0 Å². The van der Waals surface area contributed by atoms with E-state index >= 15 is 0 Å². The van der Waals surface area contributed by atoms with E-state index in [1.807, 2.05) is 18.2 Å². The van der Waals surface area contributed by atoms with Gasteiger partial charge in [-0.2, -0.15) is 0 Å². The molecule has 1 aromatic carbocycles. The molecular formula is C14H15N3O3S. The molecule has 2 amide bonds. The molecule has 0 saturated heterocycles. The van der Waals surface area contributed by atoms with Gasteiger partial charge in [0.2, 0.25) is 5.91 Å². The number of para-hydroxylation sites is 1. The Kier molecular flexibility index (Phi) is 5.28. The molecule has 7 heteroatoms. The van der Waals surface area contributed by atoms with E-state index in [4.69, 9.17) is 4.74 Å². The number of carbonyl (C=O) groups excluding carboxylic acids is 2. The average Bonchev–Trinajstić information content (AvgIpc) is 2.99. The van der Waals surface area contributed by atoms with Crippen LogP contribution in [0, 0.1) is 0 Å². The van der Waals surface area contributed by atoms with Crippen LogP contribution in [0.2, 0.25) is 0 Å². The van der Waals surface area contributed by atoms with E-state index in [0.717, 1.165) is 0 Å². The Morgan fingerprint density at radius 1 is 1.33 bits per heavy atom. The van der Waals surface area contributed by atoms with E-state index in [2.05, 4.69) is 15.6 Å². The number of hydrogen-bond donors (Lipinski definition) is 2. The molecule has 2 aromatic rings. The van der Waals surface area contributed by atoms with Gasteiger partial charge >= 0.3 is 0 Å². The Balaban J connectivity index is 1.75. The van der Waals surface area contributed by atoms with Crippen molar-refractivity contribution in [3.8, 4) is 5.75 Å². The highest BCUT2D eigenvalue weighted by Crippen LogP contribution is 2.10. The first-order valence-corrected chi connectivity index (χ1v) is 7.20. The maximum absolute atomic E-state index is 11.8. The third-order valence-corrected chi connectivity index (χ3v) is 3.23. The van der Waals surface area contributed by atoms with Gasteiger partial charge in [-0.05, 0) is 19.1 Å². The Morgan fingerprint density at radius 2 is 2.10 bits per heavy atom. The van der Waals surface area contributed by atoms with Crippen molar-refractivity contribution in [3.63, 3.8) is 0 Å². The quantitative estimate of drug-likeness (QED) is 0.850. The molecule has 0 aliphatic rings. The highest BCUT2D eigenvalue weighted by molar-refractivity contribution is 7.13. The van der Waals surface area contributed by atoms with Gasteiger partial charge in [0.15, 0.2) is 11.7 Å². The zero-order valence-corrected chi connectivity index (χ0v) is 12.2. The fourth-order valence-corrected chi connectivity index (χ4v) is 2.04. The maximum Gasteiger partial charge on any atom is 0.258 e. The van der Waals surface area contributed by atoms with Gasteiger partial charge in [0, 0.05) is 11.6 Å². The van der Waals surface area contributed by atoms with Crippen LogP contribution in [-0.4, -0.2) is 29.4 Å². The number of nitrogens with zero attached hydrogens (tertiary/aromatic N) is 1. The van der Waals surface area contributed by atoms with Crippen LogP contribution in [0.3, 0.4) is 0 Å². The number of anilines is 1. The minimum absolute atomic E-state index is 0.140. The molecule has 6 nitrogen and oxygen atoms in total. The lowest BCUT2D eigenvalue weighted by atomic mass is 10.3. The van der Waals surface area contributed by atoms with Gasteiger partial charge in [0.1, 0.15) is 11.8 Å². The molecule has 1 atom stereocenters. The molecule has 0 spiro atoms. The van der Waals surface area contributed by atoms with Gasteiger partial charge in [-0.1, -0.05) is 18.2 Å². The highest BCUT2D eigenvalue weighted by Gasteiger charge is 2.16. The van der Waals surface area contributed by atoms with Gasteiger partial charge in [-0.25, -0.2) is 4.98 Å². The molecule has 2 rings (SSSR count). The molecular weight excluding hydrogens is 290 g/mol. The van der Waals surface area contributed by atoms with Gasteiger partial charge in [-0.3, -0.25) is 9.59 Å². The van der Waals surface area contributed by atoms with Gasteiger partial charge in [0.25, 0.3) is 5.91 Å². The van der Waals surface area contributed by atoms with Crippen molar-refractivity contribution in [1.82, 2.24) is 10.3 Å². The van der Waals surface area contributed by atoms with E-state index in [1.165, 1.54) is 11.3 Å². The monoisotopic (exact) mass is 305 g/mol. The number of thiazole rings is 1. The number of aromatic nitrogens is 1. The lowest BCUT2D eigenvalue weighted by molar-refractivity contribution is -0.127. The number of rotatable bonds is 6. The summed E-state index contributed by atoms with van der Waals surface area (Å²) in [5, 5.41) is 7.44. The molecule has 1 aromatic heterocycles. The van der Waals surface area contributed by atoms with Gasteiger partial charge < -0.3 is 15.4 Å². The van der Waals surface area contributed by atoms with Crippen molar-refractivity contribution in [3.05, 3.63) is 41.9 Å².